The lowest BCUT2D eigenvalue weighted by Crippen LogP contribution is -2.16. The number of hydrogen-bond acceptors (Lipinski definition) is 2. The van der Waals surface area contributed by atoms with E-state index in [0.29, 0.717) is 18.1 Å². The van der Waals surface area contributed by atoms with Gasteiger partial charge in [-0.05, 0) is 42.4 Å². The highest BCUT2D eigenvalue weighted by Crippen LogP contribution is 2.36. The van der Waals surface area contributed by atoms with Gasteiger partial charge in [-0.1, -0.05) is 30.3 Å². The maximum atomic E-state index is 11.9. The van der Waals surface area contributed by atoms with E-state index in [-0.39, 0.29) is 0 Å². The minimum atomic E-state index is 0.351. The van der Waals surface area contributed by atoms with Crippen molar-refractivity contribution < 1.29 is 4.79 Å². The summed E-state index contributed by atoms with van der Waals surface area (Å²) < 4.78 is 0. The first-order chi connectivity index (χ1) is 8.22. The fourth-order valence-electron chi connectivity index (χ4n) is 2.39. The Hall–Kier alpha value is -1.02. The summed E-state index contributed by atoms with van der Waals surface area (Å²) in [4.78, 5) is 13.1. The molecule has 0 radical (unpaired) electrons. The number of ketones is 1. The van der Waals surface area contributed by atoms with Crippen molar-refractivity contribution >= 4 is 17.5 Å². The van der Waals surface area contributed by atoms with Gasteiger partial charge in [0.15, 0.2) is 5.78 Å². The van der Waals surface area contributed by atoms with Crippen molar-refractivity contribution in [3.63, 3.8) is 0 Å². The molecule has 1 saturated carbocycles. The smallest absolute Gasteiger partial charge is 0.159 e. The quantitative estimate of drug-likeness (QED) is 0.729. The van der Waals surface area contributed by atoms with E-state index < -0.39 is 0 Å². The van der Waals surface area contributed by atoms with E-state index in [1.54, 1.807) is 11.8 Å². The summed E-state index contributed by atoms with van der Waals surface area (Å²) in [7, 11) is 0. The second kappa shape index (κ2) is 5.54. The van der Waals surface area contributed by atoms with Crippen molar-refractivity contribution in [2.24, 2.45) is 0 Å². The number of carbonyl (C=O) groups is 1. The van der Waals surface area contributed by atoms with Gasteiger partial charge in [-0.3, -0.25) is 4.79 Å². The molecule has 1 aliphatic carbocycles. The molecule has 1 atom stereocenters. The number of benzene rings is 1. The van der Waals surface area contributed by atoms with Gasteiger partial charge < -0.3 is 0 Å². The van der Waals surface area contributed by atoms with Crippen LogP contribution in [0.1, 0.15) is 37.7 Å². The maximum Gasteiger partial charge on any atom is 0.159 e. The van der Waals surface area contributed by atoms with Crippen LogP contribution in [0, 0.1) is 0 Å². The molecule has 0 aromatic heterocycles. The van der Waals surface area contributed by atoms with E-state index in [1.165, 1.54) is 10.5 Å². The summed E-state index contributed by atoms with van der Waals surface area (Å²) in [5.41, 5.74) is 2.42. The third kappa shape index (κ3) is 2.81. The summed E-state index contributed by atoms with van der Waals surface area (Å²) in [6.45, 7) is 2.06. The number of rotatable bonds is 2. The van der Waals surface area contributed by atoms with Crippen molar-refractivity contribution in [1.82, 2.24) is 0 Å². The molecule has 0 bridgehead atoms. The lowest BCUT2D eigenvalue weighted by Gasteiger charge is -2.24. The van der Waals surface area contributed by atoms with E-state index in [2.05, 4.69) is 31.2 Å². The highest BCUT2D eigenvalue weighted by molar-refractivity contribution is 8.02. The summed E-state index contributed by atoms with van der Waals surface area (Å²) in [6, 6.07) is 10.5. The Morgan fingerprint density at radius 2 is 2.00 bits per heavy atom. The molecule has 17 heavy (non-hydrogen) atoms. The van der Waals surface area contributed by atoms with E-state index >= 15 is 0 Å². The Kier molecular flexibility index (Phi) is 4.06. The zero-order chi connectivity index (χ0) is 12.3. The number of carbonyl (C=O) groups excluding carboxylic acids is 1. The summed E-state index contributed by atoms with van der Waals surface area (Å²) >= 11 is 1.69. The van der Waals surface area contributed by atoms with Gasteiger partial charge in [-0.25, -0.2) is 0 Å². The molecule has 0 saturated heterocycles. The average molecular weight is 246 g/mol. The van der Waals surface area contributed by atoms with E-state index in [4.69, 9.17) is 0 Å². The van der Waals surface area contributed by atoms with Crippen LogP contribution in [0.5, 0.6) is 0 Å². The highest BCUT2D eigenvalue weighted by Gasteiger charge is 2.25. The molecule has 0 amide bonds. The lowest BCUT2D eigenvalue weighted by atomic mass is 9.80. The summed E-state index contributed by atoms with van der Waals surface area (Å²) in [5.74, 6) is 0.870. The molecule has 90 valence electrons. The van der Waals surface area contributed by atoms with Crippen LogP contribution in [0.25, 0.3) is 0 Å². The van der Waals surface area contributed by atoms with Crippen LogP contribution in [-0.2, 0) is 4.79 Å². The van der Waals surface area contributed by atoms with Gasteiger partial charge >= 0.3 is 0 Å². The van der Waals surface area contributed by atoms with E-state index in [9.17, 15) is 4.79 Å². The van der Waals surface area contributed by atoms with Crippen LogP contribution in [0.15, 0.2) is 40.8 Å². The molecule has 1 unspecified atom stereocenters. The third-order valence-corrected chi connectivity index (χ3v) is 4.37. The second-order valence-electron chi connectivity index (χ2n) is 4.51. The zero-order valence-electron chi connectivity index (χ0n) is 10.4. The van der Waals surface area contributed by atoms with Crippen LogP contribution < -0.4 is 0 Å². The Morgan fingerprint density at radius 3 is 2.65 bits per heavy atom. The number of allylic oxidation sites excluding steroid dienone is 2. The van der Waals surface area contributed by atoms with Gasteiger partial charge in [-0.15, -0.1) is 11.8 Å². The minimum absolute atomic E-state index is 0.351. The maximum absolute atomic E-state index is 11.9. The molecule has 0 heterocycles. The van der Waals surface area contributed by atoms with Crippen molar-refractivity contribution in [1.29, 1.82) is 0 Å². The second-order valence-corrected chi connectivity index (χ2v) is 5.53. The SMILES string of the molecule is CS/C(C)=C1\CC(c2ccccc2)CCC1=O. The van der Waals surface area contributed by atoms with Crippen molar-refractivity contribution in [3.8, 4) is 0 Å². The fraction of sp³-hybridized carbons (Fsp3) is 0.400. The first-order valence-corrected chi connectivity index (χ1v) is 7.26. The molecule has 1 fully saturated rings. The normalized spacial score (nSPS) is 23.6. The first-order valence-electron chi connectivity index (χ1n) is 6.04. The summed E-state index contributed by atoms with van der Waals surface area (Å²) in [6.07, 6.45) is 4.65. The largest absolute Gasteiger partial charge is 0.295 e. The number of hydrogen-bond donors (Lipinski definition) is 0. The Balaban J connectivity index is 2.22. The van der Waals surface area contributed by atoms with Gasteiger partial charge in [0.2, 0.25) is 0 Å². The fourth-order valence-corrected chi connectivity index (χ4v) is 2.84. The molecule has 1 aromatic carbocycles. The van der Waals surface area contributed by atoms with E-state index in [1.807, 2.05) is 12.3 Å². The molecule has 1 nitrogen and oxygen atoms in total. The van der Waals surface area contributed by atoms with E-state index in [0.717, 1.165) is 18.4 Å². The Labute approximate surface area is 107 Å². The molecule has 0 spiro atoms. The van der Waals surface area contributed by atoms with Gasteiger partial charge in [0.25, 0.3) is 0 Å². The van der Waals surface area contributed by atoms with Crippen molar-refractivity contribution in [3.05, 3.63) is 46.4 Å². The molecular formula is C15H18OS. The monoisotopic (exact) mass is 246 g/mol. The minimum Gasteiger partial charge on any atom is -0.295 e. The van der Waals surface area contributed by atoms with Gasteiger partial charge in [-0.2, -0.15) is 0 Å². The number of Topliss-reactive ketones (excluding diaryl/α,β-unsaturated/α-hetero) is 1. The topological polar surface area (TPSA) is 17.1 Å². The number of thioether (sulfide) groups is 1. The van der Waals surface area contributed by atoms with Crippen molar-refractivity contribution in [2.45, 2.75) is 32.1 Å². The van der Waals surface area contributed by atoms with Crippen LogP contribution in [0.2, 0.25) is 0 Å². The highest BCUT2D eigenvalue weighted by atomic mass is 32.2. The summed E-state index contributed by atoms with van der Waals surface area (Å²) in [5, 5.41) is 0. The Morgan fingerprint density at radius 1 is 1.29 bits per heavy atom. The zero-order valence-corrected chi connectivity index (χ0v) is 11.2. The predicted octanol–water partition coefficient (Wildman–Crippen LogP) is 4.16. The standard InChI is InChI=1S/C15H18OS/c1-11(17-2)14-10-13(8-9-15(14)16)12-6-4-3-5-7-12/h3-7,13H,8-10H2,1-2H3/b14-11+. The van der Waals surface area contributed by atoms with Crippen molar-refractivity contribution in [2.75, 3.05) is 6.26 Å². The van der Waals surface area contributed by atoms with Crippen LogP contribution >= 0.6 is 11.8 Å². The third-order valence-electron chi connectivity index (χ3n) is 3.51. The average Bonchev–Trinajstić information content (AvgIpc) is 2.39. The van der Waals surface area contributed by atoms with Gasteiger partial charge in [0.05, 0.1) is 0 Å². The molecule has 2 rings (SSSR count). The lowest BCUT2D eigenvalue weighted by molar-refractivity contribution is -0.116. The Bertz CT molecular complexity index is 433. The van der Waals surface area contributed by atoms with Crippen LogP contribution in [0.3, 0.4) is 0 Å². The van der Waals surface area contributed by atoms with Crippen LogP contribution in [-0.4, -0.2) is 12.0 Å². The van der Waals surface area contributed by atoms with Gasteiger partial charge in [0.1, 0.15) is 0 Å². The van der Waals surface area contributed by atoms with Crippen LogP contribution in [0.4, 0.5) is 0 Å². The molecule has 1 aliphatic rings. The predicted molar refractivity (Wildman–Crippen MR) is 74.3 cm³/mol. The first kappa shape index (κ1) is 12.4. The molecule has 0 aliphatic heterocycles. The molecule has 2 heteroatoms. The van der Waals surface area contributed by atoms with Gasteiger partial charge in [0, 0.05) is 12.0 Å². The molecule has 1 aromatic rings. The molecular weight excluding hydrogens is 228 g/mol. The molecule has 0 N–H and O–H groups in total.